The molecule has 0 bridgehead atoms. The number of anilines is 2. The highest BCUT2D eigenvalue weighted by Crippen LogP contribution is 2.32. The largest absolute Gasteiger partial charge is 0.308 e. The quantitative estimate of drug-likeness (QED) is 0.826. The molecule has 142 valence electrons. The van der Waals surface area contributed by atoms with Gasteiger partial charge in [0, 0.05) is 30.7 Å². The van der Waals surface area contributed by atoms with Crippen LogP contribution in [0.15, 0.2) is 42.7 Å². The van der Waals surface area contributed by atoms with Crippen molar-refractivity contribution in [1.29, 1.82) is 0 Å². The van der Waals surface area contributed by atoms with Gasteiger partial charge >= 0.3 is 0 Å². The van der Waals surface area contributed by atoms with Gasteiger partial charge in [-0.05, 0) is 49.1 Å². The molecule has 1 aromatic heterocycles. The van der Waals surface area contributed by atoms with Gasteiger partial charge in [-0.1, -0.05) is 18.9 Å². The van der Waals surface area contributed by atoms with Gasteiger partial charge in [-0.2, -0.15) is 13.1 Å². The van der Waals surface area contributed by atoms with Gasteiger partial charge in [0.15, 0.2) is 0 Å². The average Bonchev–Trinajstić information content (AvgIpc) is 3.30. The summed E-state index contributed by atoms with van der Waals surface area (Å²) in [5.41, 5.74) is 2.73. The molecule has 7 nitrogen and oxygen atoms in total. The van der Waals surface area contributed by atoms with E-state index in [1.165, 1.54) is 0 Å². The van der Waals surface area contributed by atoms with Crippen LogP contribution in [0.4, 0.5) is 11.4 Å². The van der Waals surface area contributed by atoms with Crippen LogP contribution in [0.5, 0.6) is 0 Å². The Hall–Kier alpha value is -2.45. The fraction of sp³-hybridized carbons (Fsp3) is 0.368. The normalized spacial score (nSPS) is 17.1. The molecule has 1 aliphatic heterocycles. The van der Waals surface area contributed by atoms with E-state index in [4.69, 9.17) is 0 Å². The Morgan fingerprint density at radius 1 is 1.19 bits per heavy atom. The van der Waals surface area contributed by atoms with E-state index in [1.807, 2.05) is 6.07 Å². The predicted octanol–water partition coefficient (Wildman–Crippen LogP) is 2.47. The zero-order valence-corrected chi connectivity index (χ0v) is 15.7. The van der Waals surface area contributed by atoms with Crippen molar-refractivity contribution >= 4 is 27.5 Å². The maximum absolute atomic E-state index is 12.8. The molecule has 0 unspecified atom stereocenters. The van der Waals surface area contributed by atoms with Crippen LogP contribution < -0.4 is 14.3 Å². The van der Waals surface area contributed by atoms with Gasteiger partial charge in [0.2, 0.25) is 0 Å². The number of carbonyl (C=O) groups excluding carboxylic acids is 1. The Morgan fingerprint density at radius 2 is 2.00 bits per heavy atom. The van der Waals surface area contributed by atoms with Gasteiger partial charge in [-0.25, -0.2) is 0 Å². The van der Waals surface area contributed by atoms with E-state index < -0.39 is 10.2 Å². The van der Waals surface area contributed by atoms with Crippen molar-refractivity contribution in [3.63, 3.8) is 0 Å². The van der Waals surface area contributed by atoms with E-state index in [-0.39, 0.29) is 11.9 Å². The summed E-state index contributed by atoms with van der Waals surface area (Å²) < 4.78 is 30.1. The maximum Gasteiger partial charge on any atom is 0.299 e. The lowest BCUT2D eigenvalue weighted by Crippen LogP contribution is -2.37. The van der Waals surface area contributed by atoms with Crippen molar-refractivity contribution in [2.24, 2.45) is 0 Å². The lowest BCUT2D eigenvalue weighted by Gasteiger charge is -2.19. The number of aromatic nitrogens is 1. The lowest BCUT2D eigenvalue weighted by atomic mass is 10.1. The van der Waals surface area contributed by atoms with Gasteiger partial charge in [0.25, 0.3) is 16.1 Å². The van der Waals surface area contributed by atoms with Crippen LogP contribution in [0.25, 0.3) is 0 Å². The number of nitrogens with one attached hydrogen (secondary N) is 2. The van der Waals surface area contributed by atoms with Crippen LogP contribution in [-0.2, 0) is 16.6 Å². The Kier molecular flexibility index (Phi) is 4.84. The number of amides is 1. The van der Waals surface area contributed by atoms with Gasteiger partial charge in [0.05, 0.1) is 11.3 Å². The topological polar surface area (TPSA) is 91.4 Å². The first kappa shape index (κ1) is 17.9. The zero-order chi connectivity index (χ0) is 18.9. The predicted molar refractivity (Wildman–Crippen MR) is 104 cm³/mol. The molecule has 8 heteroatoms. The van der Waals surface area contributed by atoms with Crippen molar-refractivity contribution < 1.29 is 13.2 Å². The maximum atomic E-state index is 12.8. The minimum Gasteiger partial charge on any atom is -0.308 e. The van der Waals surface area contributed by atoms with Crippen molar-refractivity contribution in [3.05, 3.63) is 53.9 Å². The molecule has 1 fully saturated rings. The van der Waals surface area contributed by atoms with E-state index in [0.717, 1.165) is 43.4 Å². The van der Waals surface area contributed by atoms with Gasteiger partial charge in [0.1, 0.15) is 0 Å². The summed E-state index contributed by atoms with van der Waals surface area (Å²) in [6.45, 7) is 0.569. The highest BCUT2D eigenvalue weighted by molar-refractivity contribution is 7.90. The standard InChI is InChI=1S/C19H22N4O3S/c24-19(15-4-3-10-20-13-15)23-11-9-14-7-8-17(12-18(14)23)22-27(25,26)21-16-5-1-2-6-16/h3-4,7-8,10,12-13,16,21-22H,1-2,5-6,9,11H2. The third-order valence-electron chi connectivity index (χ3n) is 5.06. The molecule has 27 heavy (non-hydrogen) atoms. The number of hydrogen-bond donors (Lipinski definition) is 2. The number of rotatable bonds is 5. The molecular formula is C19H22N4O3S. The highest BCUT2D eigenvalue weighted by Gasteiger charge is 2.27. The van der Waals surface area contributed by atoms with E-state index in [1.54, 1.807) is 41.6 Å². The van der Waals surface area contributed by atoms with Crippen LogP contribution in [0.3, 0.4) is 0 Å². The molecular weight excluding hydrogens is 364 g/mol. The first-order valence-corrected chi connectivity index (χ1v) is 10.6. The van der Waals surface area contributed by atoms with E-state index in [2.05, 4.69) is 14.4 Å². The van der Waals surface area contributed by atoms with Gasteiger partial charge in [-0.3, -0.25) is 14.5 Å². The summed E-state index contributed by atoms with van der Waals surface area (Å²) in [5.74, 6) is -0.133. The molecule has 0 spiro atoms. The molecule has 2 aromatic rings. The fourth-order valence-corrected chi connectivity index (χ4v) is 4.92. The van der Waals surface area contributed by atoms with E-state index >= 15 is 0 Å². The van der Waals surface area contributed by atoms with Crippen LogP contribution in [-0.4, -0.2) is 31.9 Å². The van der Waals surface area contributed by atoms with Crippen LogP contribution in [0.2, 0.25) is 0 Å². The smallest absolute Gasteiger partial charge is 0.299 e. The second kappa shape index (κ2) is 7.28. The van der Waals surface area contributed by atoms with E-state index in [0.29, 0.717) is 17.8 Å². The van der Waals surface area contributed by atoms with Crippen LogP contribution >= 0.6 is 0 Å². The van der Waals surface area contributed by atoms with Crippen molar-refractivity contribution in [2.45, 2.75) is 38.1 Å². The number of benzene rings is 1. The number of hydrogen-bond acceptors (Lipinski definition) is 4. The molecule has 4 rings (SSSR count). The third kappa shape index (κ3) is 3.96. The number of carbonyl (C=O) groups is 1. The summed E-state index contributed by atoms with van der Waals surface area (Å²) in [6.07, 6.45) is 7.76. The monoisotopic (exact) mass is 386 g/mol. The summed E-state index contributed by atoms with van der Waals surface area (Å²) in [5, 5.41) is 0. The van der Waals surface area contributed by atoms with Crippen molar-refractivity contribution in [1.82, 2.24) is 9.71 Å². The summed E-state index contributed by atoms with van der Waals surface area (Å²) >= 11 is 0. The highest BCUT2D eigenvalue weighted by atomic mass is 32.2. The van der Waals surface area contributed by atoms with Crippen molar-refractivity contribution in [2.75, 3.05) is 16.2 Å². The Bertz CT molecular complexity index is 941. The Morgan fingerprint density at radius 3 is 2.74 bits per heavy atom. The molecule has 1 amide bonds. The molecule has 0 atom stereocenters. The Balaban J connectivity index is 1.53. The second-order valence-corrected chi connectivity index (χ2v) is 8.44. The number of nitrogens with zero attached hydrogens (tertiary/aromatic N) is 2. The summed E-state index contributed by atoms with van der Waals surface area (Å²) in [6, 6.07) is 8.80. The minimum atomic E-state index is -3.64. The molecule has 1 aliphatic carbocycles. The third-order valence-corrected chi connectivity index (χ3v) is 6.21. The lowest BCUT2D eigenvalue weighted by molar-refractivity contribution is 0.0989. The second-order valence-electron chi connectivity index (χ2n) is 7.00. The number of fused-ring (bicyclic) bond motifs is 1. The summed E-state index contributed by atoms with van der Waals surface area (Å²) in [4.78, 5) is 18.4. The number of pyridine rings is 1. The molecule has 2 N–H and O–H groups in total. The first-order valence-electron chi connectivity index (χ1n) is 9.17. The zero-order valence-electron chi connectivity index (χ0n) is 14.9. The Labute approximate surface area is 159 Å². The molecule has 0 radical (unpaired) electrons. The summed E-state index contributed by atoms with van der Waals surface area (Å²) in [7, 11) is -3.64. The SMILES string of the molecule is O=C(c1cccnc1)N1CCc2ccc(NS(=O)(=O)NC3CCCC3)cc21. The van der Waals surface area contributed by atoms with E-state index in [9.17, 15) is 13.2 Å². The average molecular weight is 386 g/mol. The molecule has 1 aromatic carbocycles. The van der Waals surface area contributed by atoms with Gasteiger partial charge < -0.3 is 4.90 Å². The van der Waals surface area contributed by atoms with Crippen LogP contribution in [0, 0.1) is 0 Å². The first-order chi connectivity index (χ1) is 13.0. The molecule has 2 aliphatic rings. The molecule has 2 heterocycles. The molecule has 1 saturated carbocycles. The van der Waals surface area contributed by atoms with Gasteiger partial charge in [-0.15, -0.1) is 0 Å². The van der Waals surface area contributed by atoms with Crippen LogP contribution in [0.1, 0.15) is 41.6 Å². The molecule has 0 saturated heterocycles. The van der Waals surface area contributed by atoms with Crippen molar-refractivity contribution in [3.8, 4) is 0 Å². The fourth-order valence-electron chi connectivity index (χ4n) is 3.75. The minimum absolute atomic E-state index is 0.000541.